The zero-order chi connectivity index (χ0) is 13.9. The molecule has 0 aliphatic rings. The van der Waals surface area contributed by atoms with Crippen LogP contribution in [0.2, 0.25) is 0 Å². The topological polar surface area (TPSA) is 72.2 Å². The van der Waals surface area contributed by atoms with Crippen molar-refractivity contribution in [2.45, 2.75) is 6.43 Å². The van der Waals surface area contributed by atoms with E-state index in [2.05, 4.69) is 0 Å². The molecule has 0 spiro atoms. The molecular formula is C9H6F4N2O3. The van der Waals surface area contributed by atoms with Crippen molar-refractivity contribution < 1.29 is 27.3 Å². The van der Waals surface area contributed by atoms with E-state index in [1.54, 1.807) is 5.32 Å². The standard InChI is InChI=1S/C9H6F4N2O3/c10-4-1-2-5(15(17)18)8(13)7(4)9(16)14-3-6(11)12/h1-2,6H,3H2,(H,14,16). The van der Waals surface area contributed by atoms with Crippen LogP contribution in [0.5, 0.6) is 0 Å². The Hall–Kier alpha value is -2.19. The lowest BCUT2D eigenvalue weighted by Gasteiger charge is -2.06. The first-order chi connectivity index (χ1) is 8.34. The summed E-state index contributed by atoms with van der Waals surface area (Å²) in [6.45, 7) is -1.11. The lowest BCUT2D eigenvalue weighted by atomic mass is 10.1. The molecule has 9 heteroatoms. The van der Waals surface area contributed by atoms with Gasteiger partial charge in [0.25, 0.3) is 12.3 Å². The summed E-state index contributed by atoms with van der Waals surface area (Å²) in [5.41, 5.74) is -2.37. The third kappa shape index (κ3) is 2.93. The molecule has 0 aliphatic heterocycles. The van der Waals surface area contributed by atoms with Gasteiger partial charge in [-0.25, -0.2) is 13.2 Å². The molecule has 0 fully saturated rings. The lowest BCUT2D eigenvalue weighted by Crippen LogP contribution is -2.30. The summed E-state index contributed by atoms with van der Waals surface area (Å²) in [6.07, 6.45) is -2.90. The van der Waals surface area contributed by atoms with Crippen LogP contribution in [-0.2, 0) is 0 Å². The highest BCUT2D eigenvalue weighted by atomic mass is 19.3. The summed E-state index contributed by atoms with van der Waals surface area (Å²) < 4.78 is 50.2. The van der Waals surface area contributed by atoms with Crippen LogP contribution in [0.15, 0.2) is 12.1 Å². The highest BCUT2D eigenvalue weighted by molar-refractivity contribution is 5.95. The first-order valence-corrected chi connectivity index (χ1v) is 4.53. The Bertz CT molecular complexity index is 493. The van der Waals surface area contributed by atoms with Crippen molar-refractivity contribution in [1.29, 1.82) is 0 Å². The third-order valence-corrected chi connectivity index (χ3v) is 1.91. The molecule has 98 valence electrons. The maximum Gasteiger partial charge on any atom is 0.305 e. The minimum Gasteiger partial charge on any atom is -0.346 e. The van der Waals surface area contributed by atoms with Crippen LogP contribution in [-0.4, -0.2) is 23.8 Å². The summed E-state index contributed by atoms with van der Waals surface area (Å²) in [5.74, 6) is -4.55. The summed E-state index contributed by atoms with van der Waals surface area (Å²) in [7, 11) is 0. The average molecular weight is 266 g/mol. The van der Waals surface area contributed by atoms with Crippen molar-refractivity contribution in [2.24, 2.45) is 0 Å². The number of nitrogens with one attached hydrogen (secondary N) is 1. The number of alkyl halides is 2. The molecule has 1 aromatic carbocycles. The van der Waals surface area contributed by atoms with E-state index in [0.29, 0.717) is 12.1 Å². The molecule has 0 saturated carbocycles. The van der Waals surface area contributed by atoms with Crippen molar-refractivity contribution >= 4 is 11.6 Å². The molecule has 0 saturated heterocycles. The Kier molecular flexibility index (Phi) is 4.18. The van der Waals surface area contributed by atoms with Gasteiger partial charge in [0, 0.05) is 6.07 Å². The van der Waals surface area contributed by atoms with Gasteiger partial charge in [-0.3, -0.25) is 14.9 Å². The molecule has 0 aliphatic carbocycles. The number of carbonyl (C=O) groups is 1. The van der Waals surface area contributed by atoms with E-state index in [9.17, 15) is 32.5 Å². The van der Waals surface area contributed by atoms with E-state index in [0.717, 1.165) is 0 Å². The quantitative estimate of drug-likeness (QED) is 0.513. The molecule has 5 nitrogen and oxygen atoms in total. The second-order valence-electron chi connectivity index (χ2n) is 3.11. The van der Waals surface area contributed by atoms with Gasteiger partial charge >= 0.3 is 5.69 Å². The van der Waals surface area contributed by atoms with Gasteiger partial charge in [0.2, 0.25) is 5.82 Å². The first kappa shape index (κ1) is 13.9. The van der Waals surface area contributed by atoms with Crippen LogP contribution in [0.1, 0.15) is 10.4 Å². The average Bonchev–Trinajstić information content (AvgIpc) is 2.25. The molecule has 0 bridgehead atoms. The van der Waals surface area contributed by atoms with Crippen LogP contribution in [0.25, 0.3) is 0 Å². The summed E-state index contributed by atoms with van der Waals surface area (Å²) >= 11 is 0. The van der Waals surface area contributed by atoms with Crippen LogP contribution in [0.3, 0.4) is 0 Å². The Balaban J connectivity index is 3.11. The number of benzene rings is 1. The molecule has 1 aromatic rings. The maximum absolute atomic E-state index is 13.4. The Morgan fingerprint density at radius 3 is 2.50 bits per heavy atom. The van der Waals surface area contributed by atoms with E-state index in [4.69, 9.17) is 0 Å². The fourth-order valence-corrected chi connectivity index (χ4v) is 1.15. The molecule has 0 aromatic heterocycles. The van der Waals surface area contributed by atoms with E-state index in [1.165, 1.54) is 0 Å². The second kappa shape index (κ2) is 5.43. The second-order valence-corrected chi connectivity index (χ2v) is 3.11. The van der Waals surface area contributed by atoms with Crippen molar-refractivity contribution in [3.8, 4) is 0 Å². The van der Waals surface area contributed by atoms with Gasteiger partial charge in [-0.05, 0) is 6.07 Å². The maximum atomic E-state index is 13.4. The SMILES string of the molecule is O=C(NCC(F)F)c1c(F)ccc([N+](=O)[O-])c1F. The number of rotatable bonds is 4. The highest BCUT2D eigenvalue weighted by Crippen LogP contribution is 2.22. The molecule has 1 amide bonds. The third-order valence-electron chi connectivity index (χ3n) is 1.91. The smallest absolute Gasteiger partial charge is 0.305 e. The van der Waals surface area contributed by atoms with E-state index >= 15 is 0 Å². The van der Waals surface area contributed by atoms with E-state index in [1.807, 2.05) is 0 Å². The predicted octanol–water partition coefficient (Wildman–Crippen LogP) is 1.87. The number of carbonyl (C=O) groups excluding carboxylic acids is 1. The van der Waals surface area contributed by atoms with Crippen molar-refractivity contribution in [2.75, 3.05) is 6.54 Å². The van der Waals surface area contributed by atoms with Crippen LogP contribution < -0.4 is 5.32 Å². The first-order valence-electron chi connectivity index (χ1n) is 4.53. The number of amides is 1. The van der Waals surface area contributed by atoms with Crippen molar-refractivity contribution in [1.82, 2.24) is 5.32 Å². The van der Waals surface area contributed by atoms with Crippen molar-refractivity contribution in [3.63, 3.8) is 0 Å². The van der Waals surface area contributed by atoms with Gasteiger partial charge in [0.15, 0.2) is 0 Å². The molecule has 0 atom stereocenters. The number of nitro groups is 1. The summed E-state index contributed by atoms with van der Waals surface area (Å²) in [4.78, 5) is 20.4. The van der Waals surface area contributed by atoms with Gasteiger partial charge in [-0.2, -0.15) is 4.39 Å². The Morgan fingerprint density at radius 2 is 2.00 bits per heavy atom. The monoisotopic (exact) mass is 266 g/mol. The highest BCUT2D eigenvalue weighted by Gasteiger charge is 2.26. The van der Waals surface area contributed by atoms with E-state index in [-0.39, 0.29) is 0 Å². The predicted molar refractivity (Wildman–Crippen MR) is 51.3 cm³/mol. The fraction of sp³-hybridized carbons (Fsp3) is 0.222. The van der Waals surface area contributed by atoms with E-state index < -0.39 is 46.7 Å². The molecule has 1 rings (SSSR count). The van der Waals surface area contributed by atoms with Crippen molar-refractivity contribution in [3.05, 3.63) is 39.4 Å². The fourth-order valence-electron chi connectivity index (χ4n) is 1.15. The Morgan fingerprint density at radius 1 is 1.39 bits per heavy atom. The summed E-state index contributed by atoms with van der Waals surface area (Å²) in [5, 5.41) is 11.9. The van der Waals surface area contributed by atoms with Gasteiger partial charge in [-0.1, -0.05) is 0 Å². The van der Waals surface area contributed by atoms with Crippen LogP contribution in [0.4, 0.5) is 23.2 Å². The summed E-state index contributed by atoms with van der Waals surface area (Å²) in [6, 6.07) is 1.05. The van der Waals surface area contributed by atoms with Gasteiger partial charge in [0.1, 0.15) is 11.4 Å². The van der Waals surface area contributed by atoms with Gasteiger partial charge in [0.05, 0.1) is 11.5 Å². The minimum atomic E-state index is -2.90. The zero-order valence-corrected chi connectivity index (χ0v) is 8.62. The number of hydrogen-bond acceptors (Lipinski definition) is 3. The number of nitrogens with zero attached hydrogens (tertiary/aromatic N) is 1. The number of hydrogen-bond donors (Lipinski definition) is 1. The molecule has 0 heterocycles. The van der Waals surface area contributed by atoms with Crippen LogP contribution >= 0.6 is 0 Å². The lowest BCUT2D eigenvalue weighted by molar-refractivity contribution is -0.387. The minimum absolute atomic E-state index is 0.512. The van der Waals surface area contributed by atoms with Gasteiger partial charge < -0.3 is 5.32 Å². The molecular weight excluding hydrogens is 260 g/mol. The van der Waals surface area contributed by atoms with Crippen LogP contribution in [0, 0.1) is 21.7 Å². The normalized spacial score (nSPS) is 10.5. The largest absolute Gasteiger partial charge is 0.346 e. The molecule has 18 heavy (non-hydrogen) atoms. The number of nitro benzene ring substituents is 1. The molecule has 1 N–H and O–H groups in total. The van der Waals surface area contributed by atoms with Gasteiger partial charge in [-0.15, -0.1) is 0 Å². The Labute approximate surface area is 97.6 Å². The molecule has 0 radical (unpaired) electrons. The molecule has 0 unspecified atom stereocenters. The number of halogens is 4. The zero-order valence-electron chi connectivity index (χ0n) is 8.62.